The average molecular weight is 443 g/mol. The van der Waals surface area contributed by atoms with E-state index in [9.17, 15) is 0 Å². The van der Waals surface area contributed by atoms with Crippen LogP contribution >= 0.6 is 24.0 Å². The number of hydrogen-bond donors (Lipinski definition) is 2. The standard InChI is InChI=1S/C17H25N5O.HI/c1-4-23-16-11-14(2)5-6-15(16)12-21-17(18-3)20-8-10-22-9-7-19-13-22;/h5-7,9,11,13H,4,8,10,12H2,1-3H3,(H2,18,20,21);1H. The predicted octanol–water partition coefficient (Wildman–Crippen LogP) is 2.57. The number of guanidine groups is 1. The van der Waals surface area contributed by atoms with Gasteiger partial charge in [-0.1, -0.05) is 12.1 Å². The van der Waals surface area contributed by atoms with Crippen LogP contribution < -0.4 is 15.4 Å². The molecule has 0 aliphatic carbocycles. The Morgan fingerprint density at radius 3 is 2.83 bits per heavy atom. The van der Waals surface area contributed by atoms with E-state index in [4.69, 9.17) is 4.74 Å². The van der Waals surface area contributed by atoms with Crippen molar-refractivity contribution in [1.29, 1.82) is 0 Å². The van der Waals surface area contributed by atoms with Crippen LogP contribution in [0.4, 0.5) is 0 Å². The van der Waals surface area contributed by atoms with E-state index in [1.54, 1.807) is 19.6 Å². The number of rotatable bonds is 7. The fraction of sp³-hybridized carbons (Fsp3) is 0.412. The van der Waals surface area contributed by atoms with Crippen molar-refractivity contribution in [3.63, 3.8) is 0 Å². The molecule has 0 saturated carbocycles. The molecule has 1 aromatic carbocycles. The van der Waals surface area contributed by atoms with Gasteiger partial charge in [0.1, 0.15) is 5.75 Å². The van der Waals surface area contributed by atoms with Gasteiger partial charge in [-0.15, -0.1) is 24.0 Å². The van der Waals surface area contributed by atoms with Gasteiger partial charge in [0, 0.05) is 44.6 Å². The molecule has 0 aliphatic rings. The molecular formula is C17H26IN5O. The van der Waals surface area contributed by atoms with Gasteiger partial charge >= 0.3 is 0 Å². The Bertz CT molecular complexity index is 628. The van der Waals surface area contributed by atoms with Crippen molar-refractivity contribution in [2.45, 2.75) is 26.9 Å². The zero-order valence-corrected chi connectivity index (χ0v) is 16.8. The summed E-state index contributed by atoms with van der Waals surface area (Å²) in [4.78, 5) is 8.27. The molecule has 0 aliphatic heterocycles. The number of aryl methyl sites for hydroxylation is 1. The molecule has 0 radical (unpaired) electrons. The van der Waals surface area contributed by atoms with Gasteiger partial charge in [-0.05, 0) is 25.5 Å². The third kappa shape index (κ3) is 6.38. The monoisotopic (exact) mass is 443 g/mol. The third-order valence-electron chi connectivity index (χ3n) is 3.41. The van der Waals surface area contributed by atoms with E-state index in [1.807, 2.05) is 17.7 Å². The zero-order valence-electron chi connectivity index (χ0n) is 14.5. The molecule has 24 heavy (non-hydrogen) atoms. The highest BCUT2D eigenvalue weighted by molar-refractivity contribution is 14.0. The number of benzene rings is 1. The van der Waals surface area contributed by atoms with Crippen molar-refractivity contribution in [3.8, 4) is 5.75 Å². The summed E-state index contributed by atoms with van der Waals surface area (Å²) in [6.07, 6.45) is 5.52. The van der Waals surface area contributed by atoms with Gasteiger partial charge in [-0.25, -0.2) is 4.98 Å². The summed E-state index contributed by atoms with van der Waals surface area (Å²) in [5, 5.41) is 6.61. The first-order chi connectivity index (χ1) is 11.2. The quantitative estimate of drug-likeness (QED) is 0.393. The summed E-state index contributed by atoms with van der Waals surface area (Å²) in [7, 11) is 1.77. The largest absolute Gasteiger partial charge is 0.494 e. The average Bonchev–Trinajstić information content (AvgIpc) is 3.06. The Balaban J connectivity index is 0.00000288. The van der Waals surface area contributed by atoms with Crippen LogP contribution in [0.5, 0.6) is 5.75 Å². The molecule has 1 heterocycles. The van der Waals surface area contributed by atoms with Gasteiger partial charge in [0.2, 0.25) is 0 Å². The lowest BCUT2D eigenvalue weighted by atomic mass is 10.1. The van der Waals surface area contributed by atoms with Gasteiger partial charge in [0.15, 0.2) is 5.96 Å². The predicted molar refractivity (Wildman–Crippen MR) is 108 cm³/mol. The number of aliphatic imine (C=N–C) groups is 1. The highest BCUT2D eigenvalue weighted by Crippen LogP contribution is 2.20. The first-order valence-electron chi connectivity index (χ1n) is 7.85. The summed E-state index contributed by atoms with van der Waals surface area (Å²) >= 11 is 0. The van der Waals surface area contributed by atoms with Crippen LogP contribution in [0, 0.1) is 6.92 Å². The van der Waals surface area contributed by atoms with E-state index in [0.717, 1.165) is 30.4 Å². The lowest BCUT2D eigenvalue weighted by molar-refractivity contribution is 0.336. The Morgan fingerprint density at radius 2 is 2.17 bits per heavy atom. The van der Waals surface area contributed by atoms with Crippen LogP contribution in [0.2, 0.25) is 0 Å². The first kappa shape index (κ1) is 20.3. The molecule has 2 rings (SSSR count). The first-order valence-corrected chi connectivity index (χ1v) is 7.85. The highest BCUT2D eigenvalue weighted by atomic mass is 127. The molecule has 0 saturated heterocycles. The second-order valence-corrected chi connectivity index (χ2v) is 5.20. The molecule has 132 valence electrons. The van der Waals surface area contributed by atoms with E-state index >= 15 is 0 Å². The van der Waals surface area contributed by atoms with Gasteiger partial charge < -0.3 is 19.9 Å². The number of aromatic nitrogens is 2. The SMILES string of the molecule is CCOc1cc(C)ccc1CNC(=NC)NCCn1ccnc1.I. The van der Waals surface area contributed by atoms with E-state index in [2.05, 4.69) is 45.7 Å². The molecule has 0 bridgehead atoms. The van der Waals surface area contributed by atoms with Crippen molar-refractivity contribution in [2.24, 2.45) is 4.99 Å². The molecule has 6 nitrogen and oxygen atoms in total. The number of nitrogens with one attached hydrogen (secondary N) is 2. The molecule has 0 fully saturated rings. The number of hydrogen-bond acceptors (Lipinski definition) is 3. The molecule has 0 unspecified atom stereocenters. The molecule has 0 spiro atoms. The van der Waals surface area contributed by atoms with Crippen LogP contribution in [0.3, 0.4) is 0 Å². The van der Waals surface area contributed by atoms with E-state index in [1.165, 1.54) is 5.56 Å². The summed E-state index contributed by atoms with van der Waals surface area (Å²) in [6, 6.07) is 6.25. The summed E-state index contributed by atoms with van der Waals surface area (Å²) < 4.78 is 7.72. The molecular weight excluding hydrogens is 417 g/mol. The maximum atomic E-state index is 5.70. The lowest BCUT2D eigenvalue weighted by Gasteiger charge is -2.15. The Labute approximate surface area is 160 Å². The second-order valence-electron chi connectivity index (χ2n) is 5.20. The van der Waals surface area contributed by atoms with Crippen molar-refractivity contribution in [1.82, 2.24) is 20.2 Å². The third-order valence-corrected chi connectivity index (χ3v) is 3.41. The minimum atomic E-state index is 0. The van der Waals surface area contributed by atoms with Gasteiger partial charge in [-0.2, -0.15) is 0 Å². The number of nitrogens with zero attached hydrogens (tertiary/aromatic N) is 3. The van der Waals surface area contributed by atoms with Gasteiger partial charge in [-0.3, -0.25) is 4.99 Å². The molecule has 7 heteroatoms. The Morgan fingerprint density at radius 1 is 1.33 bits per heavy atom. The van der Waals surface area contributed by atoms with Crippen LogP contribution in [0.15, 0.2) is 41.9 Å². The second kappa shape index (κ2) is 10.9. The van der Waals surface area contributed by atoms with Crippen molar-refractivity contribution < 1.29 is 4.74 Å². The van der Waals surface area contributed by atoms with Crippen LogP contribution in [-0.4, -0.2) is 35.7 Å². The van der Waals surface area contributed by atoms with Crippen LogP contribution in [0.1, 0.15) is 18.1 Å². The molecule has 0 atom stereocenters. The van der Waals surface area contributed by atoms with Crippen molar-refractivity contribution in [3.05, 3.63) is 48.0 Å². The van der Waals surface area contributed by atoms with E-state index < -0.39 is 0 Å². The lowest BCUT2D eigenvalue weighted by Crippen LogP contribution is -2.38. The molecule has 0 amide bonds. The molecule has 1 aromatic heterocycles. The smallest absolute Gasteiger partial charge is 0.191 e. The maximum Gasteiger partial charge on any atom is 0.191 e. The minimum absolute atomic E-state index is 0. The molecule has 2 N–H and O–H groups in total. The maximum absolute atomic E-state index is 5.70. The fourth-order valence-electron chi connectivity index (χ4n) is 2.22. The van der Waals surface area contributed by atoms with E-state index in [0.29, 0.717) is 13.2 Å². The van der Waals surface area contributed by atoms with E-state index in [-0.39, 0.29) is 24.0 Å². The minimum Gasteiger partial charge on any atom is -0.494 e. The van der Waals surface area contributed by atoms with Crippen LogP contribution in [0.25, 0.3) is 0 Å². The normalized spacial score (nSPS) is 10.9. The molecule has 2 aromatic rings. The number of halogens is 1. The van der Waals surface area contributed by atoms with Gasteiger partial charge in [0.25, 0.3) is 0 Å². The summed E-state index contributed by atoms with van der Waals surface area (Å²) in [5.41, 5.74) is 2.31. The Hall–Kier alpha value is -1.77. The summed E-state index contributed by atoms with van der Waals surface area (Å²) in [5.74, 6) is 1.70. The van der Waals surface area contributed by atoms with Gasteiger partial charge in [0.05, 0.1) is 12.9 Å². The number of ether oxygens (including phenoxy) is 1. The fourth-order valence-corrected chi connectivity index (χ4v) is 2.22. The summed E-state index contributed by atoms with van der Waals surface area (Å²) in [6.45, 7) is 7.01. The van der Waals surface area contributed by atoms with Crippen LogP contribution in [-0.2, 0) is 13.1 Å². The highest BCUT2D eigenvalue weighted by Gasteiger charge is 2.05. The Kier molecular flexibility index (Phi) is 9.21. The topological polar surface area (TPSA) is 63.5 Å². The van der Waals surface area contributed by atoms with Crippen molar-refractivity contribution in [2.75, 3.05) is 20.2 Å². The number of imidazole rings is 1. The zero-order chi connectivity index (χ0) is 16.5. The van der Waals surface area contributed by atoms with Crippen molar-refractivity contribution >= 4 is 29.9 Å².